The van der Waals surface area contributed by atoms with E-state index in [1.54, 1.807) is 19.9 Å². The van der Waals surface area contributed by atoms with E-state index < -0.39 is 38.5 Å². The number of rotatable bonds is 13. The molecule has 0 aliphatic carbocycles. The Kier molecular flexibility index (Phi) is 12.2. The van der Waals surface area contributed by atoms with E-state index in [4.69, 9.17) is 9.18 Å². The molecule has 41 heavy (non-hydrogen) atoms. The lowest BCUT2D eigenvalue weighted by atomic mass is 9.89. The third-order valence-corrected chi connectivity index (χ3v) is 8.29. The smallest absolute Gasteiger partial charge is 0.270 e. The molecule has 2 aromatic carbocycles. The molecule has 0 saturated heterocycles. The van der Waals surface area contributed by atoms with Gasteiger partial charge in [-0.2, -0.15) is 0 Å². The van der Waals surface area contributed by atoms with Crippen LogP contribution in [0.5, 0.6) is 0 Å². The van der Waals surface area contributed by atoms with Gasteiger partial charge in [0.05, 0.1) is 17.7 Å². The number of benzene rings is 2. The van der Waals surface area contributed by atoms with E-state index in [1.807, 2.05) is 57.5 Å². The summed E-state index contributed by atoms with van der Waals surface area (Å²) in [6, 6.07) is 10.0. The quantitative estimate of drug-likeness (QED) is 0.293. The maximum Gasteiger partial charge on any atom is 0.270 e. The summed E-state index contributed by atoms with van der Waals surface area (Å²) in [5.74, 6) is -1.09. The highest BCUT2D eigenvalue weighted by molar-refractivity contribution is 7.90. The molecule has 13 heteroatoms. The Morgan fingerprint density at radius 1 is 1.05 bits per heavy atom. The minimum Gasteiger partial charge on any atom is -0.370 e. The van der Waals surface area contributed by atoms with Gasteiger partial charge >= 0.3 is 0 Å². The van der Waals surface area contributed by atoms with Gasteiger partial charge in [-0.15, -0.1) is 0 Å². The number of nitrogens with zero attached hydrogens (tertiary/aromatic N) is 2. The van der Waals surface area contributed by atoms with Crippen molar-refractivity contribution in [3.63, 3.8) is 0 Å². The summed E-state index contributed by atoms with van der Waals surface area (Å²) in [4.78, 5) is 31.9. The van der Waals surface area contributed by atoms with Crippen LogP contribution < -0.4 is 19.7 Å². The molecule has 1 unspecified atom stereocenters. The first-order valence-corrected chi connectivity index (χ1v) is 15.8. The van der Waals surface area contributed by atoms with Gasteiger partial charge in [0.15, 0.2) is 0 Å². The van der Waals surface area contributed by atoms with Crippen molar-refractivity contribution in [2.24, 2.45) is 10.4 Å². The van der Waals surface area contributed by atoms with E-state index in [0.717, 1.165) is 17.8 Å². The molecule has 3 N–H and O–H groups in total. The number of hydrogen-bond acceptors (Lipinski definition) is 8. The molecule has 0 aliphatic heterocycles. The second-order valence-corrected chi connectivity index (χ2v) is 13.1. The first kappa shape index (κ1) is 34.1. The van der Waals surface area contributed by atoms with E-state index in [-0.39, 0.29) is 17.0 Å². The molecule has 0 spiro atoms. The molecular formula is C28H41N5O6S2. The van der Waals surface area contributed by atoms with Crippen LogP contribution in [-0.4, -0.2) is 56.9 Å². The Morgan fingerprint density at radius 3 is 2.29 bits per heavy atom. The van der Waals surface area contributed by atoms with Gasteiger partial charge in [-0.25, -0.2) is 27.1 Å². The molecule has 0 aromatic heterocycles. The van der Waals surface area contributed by atoms with E-state index in [0.29, 0.717) is 30.0 Å². The maximum absolute atomic E-state index is 13.5. The predicted octanol–water partition coefficient (Wildman–Crippen LogP) is 3.92. The first-order valence-electron chi connectivity index (χ1n) is 13.2. The van der Waals surface area contributed by atoms with E-state index in [1.165, 1.54) is 19.2 Å². The second-order valence-electron chi connectivity index (χ2n) is 10.4. The maximum atomic E-state index is 13.5. The molecule has 0 heterocycles. The molecule has 0 radical (unpaired) electrons. The lowest BCUT2D eigenvalue weighted by molar-refractivity contribution is -0.119. The zero-order chi connectivity index (χ0) is 31.0. The summed E-state index contributed by atoms with van der Waals surface area (Å²) in [6.45, 7) is 14.7. The average Bonchev–Trinajstić information content (AvgIpc) is 2.90. The van der Waals surface area contributed by atoms with Crippen molar-refractivity contribution < 1.29 is 26.4 Å². The summed E-state index contributed by atoms with van der Waals surface area (Å²) in [6.07, 6.45) is 0.0185. The largest absolute Gasteiger partial charge is 0.370 e. The molecule has 2 aromatic rings. The second kappa shape index (κ2) is 14.7. The average molecular weight is 608 g/mol. The van der Waals surface area contributed by atoms with Crippen molar-refractivity contribution >= 4 is 55.9 Å². The van der Waals surface area contributed by atoms with Crippen molar-refractivity contribution in [2.45, 2.75) is 59.8 Å². The number of nitrogens with one attached hydrogen (secondary N) is 3. The lowest BCUT2D eigenvalue weighted by Gasteiger charge is -2.24. The summed E-state index contributed by atoms with van der Waals surface area (Å²) < 4.78 is 46.2. The van der Waals surface area contributed by atoms with Crippen molar-refractivity contribution in [3.05, 3.63) is 47.5 Å². The number of aryl methyl sites for hydroxylation is 2. The highest BCUT2D eigenvalue weighted by atomic mass is 32.2. The Balaban J connectivity index is 2.36. The van der Waals surface area contributed by atoms with Crippen LogP contribution in [0.3, 0.4) is 0 Å². The molecule has 2 rings (SSSR count). The van der Waals surface area contributed by atoms with Gasteiger partial charge in [0.1, 0.15) is 5.71 Å². The minimum atomic E-state index is -4.09. The SMILES string of the molecule is CCC(=O)NS(=O)(=O)c1ccc(C)c(NC(=O)C(=Nc2ccc(N(CC)CCNS(=O)OC)cc2C)C(C)(C)C)c1. The summed E-state index contributed by atoms with van der Waals surface area (Å²) >= 11 is -1.53. The standard InChI is InChI=1S/C28H41N5O6S2/c1-9-25(34)32-41(37,38)22-13-11-19(3)24(18-22)31-27(35)26(28(5,6)7)30-23-14-12-21(17-20(23)4)33(10-2)16-15-29-40(36)39-8/h11-14,17-18,29H,9-10,15-16H2,1-8H3,(H,31,35)(H,32,34). The molecule has 0 aliphatic rings. The van der Waals surface area contributed by atoms with Gasteiger partial charge in [0.25, 0.3) is 15.9 Å². The minimum absolute atomic E-state index is 0.0185. The third-order valence-electron chi connectivity index (χ3n) is 6.17. The molecule has 0 fully saturated rings. The zero-order valence-corrected chi connectivity index (χ0v) is 26.6. The van der Waals surface area contributed by atoms with Crippen LogP contribution in [0.2, 0.25) is 0 Å². The molecular weight excluding hydrogens is 566 g/mol. The van der Waals surface area contributed by atoms with E-state index in [2.05, 4.69) is 14.9 Å². The van der Waals surface area contributed by atoms with Crippen LogP contribution >= 0.6 is 0 Å². The Labute approximate surface area is 246 Å². The van der Waals surface area contributed by atoms with E-state index >= 15 is 0 Å². The molecule has 11 nitrogen and oxygen atoms in total. The number of carbonyl (C=O) groups excluding carboxylic acids is 2. The normalized spacial score (nSPS) is 13.0. The summed E-state index contributed by atoms with van der Waals surface area (Å²) in [5, 5.41) is 2.81. The molecule has 2 amide bonds. The van der Waals surface area contributed by atoms with Crippen molar-refractivity contribution in [2.75, 3.05) is 37.0 Å². The Bertz CT molecular complexity index is 1420. The van der Waals surface area contributed by atoms with Gasteiger partial charge < -0.3 is 10.2 Å². The van der Waals surface area contributed by atoms with Gasteiger partial charge in [-0.05, 0) is 62.2 Å². The predicted molar refractivity (Wildman–Crippen MR) is 164 cm³/mol. The van der Waals surface area contributed by atoms with Gasteiger partial charge in [-0.3, -0.25) is 13.8 Å². The van der Waals surface area contributed by atoms with Gasteiger partial charge in [-0.1, -0.05) is 33.8 Å². The van der Waals surface area contributed by atoms with Crippen molar-refractivity contribution in [1.29, 1.82) is 0 Å². The van der Waals surface area contributed by atoms with Crippen molar-refractivity contribution in [1.82, 2.24) is 9.44 Å². The number of sulfonamides is 1. The summed E-state index contributed by atoms with van der Waals surface area (Å²) in [5.41, 5.74) is 3.01. The highest BCUT2D eigenvalue weighted by Gasteiger charge is 2.27. The van der Waals surface area contributed by atoms with Crippen LogP contribution in [0.4, 0.5) is 17.1 Å². The molecule has 1 atom stereocenters. The monoisotopic (exact) mass is 607 g/mol. The van der Waals surface area contributed by atoms with Crippen LogP contribution in [0, 0.1) is 19.3 Å². The number of carbonyl (C=O) groups is 2. The number of likely N-dealkylation sites (N-methyl/N-ethyl adjacent to an activating group) is 1. The fourth-order valence-electron chi connectivity index (χ4n) is 3.80. The van der Waals surface area contributed by atoms with Crippen molar-refractivity contribution in [3.8, 4) is 0 Å². The highest BCUT2D eigenvalue weighted by Crippen LogP contribution is 2.29. The van der Waals surface area contributed by atoms with Gasteiger partial charge in [0.2, 0.25) is 17.2 Å². The molecule has 0 bridgehead atoms. The lowest BCUT2D eigenvalue weighted by Crippen LogP contribution is -2.34. The number of anilines is 2. The number of amides is 2. The van der Waals surface area contributed by atoms with E-state index in [9.17, 15) is 22.2 Å². The Morgan fingerprint density at radius 2 is 1.73 bits per heavy atom. The van der Waals surface area contributed by atoms with Crippen LogP contribution in [0.15, 0.2) is 46.3 Å². The Hall–Kier alpha value is -3.13. The molecule has 0 saturated carbocycles. The zero-order valence-electron chi connectivity index (χ0n) is 25.0. The first-order chi connectivity index (χ1) is 19.1. The third kappa shape index (κ3) is 9.73. The molecule has 226 valence electrons. The van der Waals surface area contributed by atoms with Crippen LogP contribution in [0.1, 0.15) is 52.2 Å². The number of aliphatic imine (C=N–C) groups is 1. The van der Waals surface area contributed by atoms with Crippen LogP contribution in [0.25, 0.3) is 0 Å². The summed E-state index contributed by atoms with van der Waals surface area (Å²) in [7, 11) is -2.72. The van der Waals surface area contributed by atoms with Gasteiger partial charge in [0, 0.05) is 42.8 Å². The van der Waals surface area contributed by atoms with Crippen LogP contribution in [-0.2, 0) is 35.1 Å². The fourth-order valence-corrected chi connectivity index (χ4v) is 5.26. The number of hydrogen-bond donors (Lipinski definition) is 3. The topological polar surface area (TPSA) is 146 Å². The fraction of sp³-hybridized carbons (Fsp3) is 0.464.